The van der Waals surface area contributed by atoms with Crippen molar-refractivity contribution in [3.05, 3.63) is 63.8 Å². The quantitative estimate of drug-likeness (QED) is 0.721. The minimum Gasteiger partial charge on any atom is -0.423 e. The second-order valence-corrected chi connectivity index (χ2v) is 6.12. The van der Waals surface area contributed by atoms with Crippen molar-refractivity contribution in [2.75, 3.05) is 5.32 Å². The summed E-state index contributed by atoms with van der Waals surface area (Å²) in [5.74, 6) is 0.493. The van der Waals surface area contributed by atoms with Gasteiger partial charge in [0.1, 0.15) is 6.33 Å². The van der Waals surface area contributed by atoms with Gasteiger partial charge in [0.2, 0.25) is 0 Å². The second-order valence-electron chi connectivity index (χ2n) is 6.12. The number of hydrogen-bond donors (Lipinski definition) is 2. The van der Waals surface area contributed by atoms with Crippen LogP contribution in [0.4, 0.5) is 5.69 Å². The Hall–Kier alpha value is -2.89. The third kappa shape index (κ3) is 2.95. The number of pyridine rings is 1. The molecule has 0 atom stereocenters. The highest BCUT2D eigenvalue weighted by molar-refractivity contribution is 5.90. The molecule has 6 heteroatoms. The summed E-state index contributed by atoms with van der Waals surface area (Å²) >= 11 is 0. The van der Waals surface area contributed by atoms with Gasteiger partial charge in [-0.3, -0.25) is 4.79 Å². The number of hydrogen-bond acceptors (Lipinski definition) is 5. The van der Waals surface area contributed by atoms with E-state index in [0.717, 1.165) is 5.56 Å². The molecule has 2 heterocycles. The third-order valence-electron chi connectivity index (χ3n) is 4.09. The van der Waals surface area contributed by atoms with Gasteiger partial charge < -0.3 is 10.5 Å². The first-order chi connectivity index (χ1) is 11.5. The van der Waals surface area contributed by atoms with E-state index >= 15 is 0 Å². The molecular weight excluding hydrogens is 304 g/mol. The fourth-order valence-electron chi connectivity index (χ4n) is 2.66. The number of rotatable bonds is 4. The molecule has 124 valence electrons. The van der Waals surface area contributed by atoms with Crippen molar-refractivity contribution in [1.82, 2.24) is 14.7 Å². The molecule has 0 spiro atoms. The van der Waals surface area contributed by atoms with E-state index in [-0.39, 0.29) is 5.65 Å². The maximum Gasteiger partial charge on any atom is 0.286 e. The number of aromatic nitrogens is 3. The summed E-state index contributed by atoms with van der Waals surface area (Å²) in [4.78, 5) is 20.1. The topological polar surface area (TPSA) is 80.0 Å². The van der Waals surface area contributed by atoms with Crippen molar-refractivity contribution >= 4 is 16.7 Å². The first-order valence-corrected chi connectivity index (χ1v) is 7.86. The molecule has 3 rings (SSSR count). The van der Waals surface area contributed by atoms with Crippen molar-refractivity contribution in [1.29, 1.82) is 0 Å². The van der Waals surface area contributed by atoms with E-state index in [1.807, 2.05) is 6.92 Å². The van der Waals surface area contributed by atoms with E-state index in [0.29, 0.717) is 34.0 Å². The Labute approximate surface area is 139 Å². The minimum absolute atomic E-state index is 0.202. The van der Waals surface area contributed by atoms with Crippen LogP contribution in [0.3, 0.4) is 0 Å². The highest BCUT2D eigenvalue weighted by Crippen LogP contribution is 2.22. The number of anilines is 1. The Morgan fingerprint density at radius 3 is 2.58 bits per heavy atom. The van der Waals surface area contributed by atoms with Gasteiger partial charge in [-0.2, -0.15) is 0 Å². The predicted molar refractivity (Wildman–Crippen MR) is 93.6 cm³/mol. The fraction of sp³-hybridized carbons (Fsp3) is 0.278. The lowest BCUT2D eigenvalue weighted by Crippen LogP contribution is -2.20. The lowest BCUT2D eigenvalue weighted by molar-refractivity contribution is 0.186. The Kier molecular flexibility index (Phi) is 4.20. The van der Waals surface area contributed by atoms with Crippen LogP contribution >= 0.6 is 0 Å². The zero-order chi connectivity index (χ0) is 17.3. The van der Waals surface area contributed by atoms with Crippen molar-refractivity contribution in [3.63, 3.8) is 0 Å². The highest BCUT2D eigenvalue weighted by Gasteiger charge is 2.12. The maximum absolute atomic E-state index is 11.9. The molecular formula is C18H20N4O2. The molecule has 0 saturated heterocycles. The molecule has 0 fully saturated rings. The smallest absolute Gasteiger partial charge is 0.286 e. The number of nitrogens with one attached hydrogen (secondary N) is 1. The molecule has 0 aliphatic carbocycles. The molecule has 0 bridgehead atoms. The van der Waals surface area contributed by atoms with Crippen LogP contribution < -0.4 is 10.9 Å². The summed E-state index contributed by atoms with van der Waals surface area (Å²) in [5, 5.41) is 13.8. The first kappa shape index (κ1) is 16.0. The van der Waals surface area contributed by atoms with Crippen LogP contribution in [0.2, 0.25) is 0 Å². The predicted octanol–water partition coefficient (Wildman–Crippen LogP) is 3.07. The van der Waals surface area contributed by atoms with Crippen molar-refractivity contribution in [2.45, 2.75) is 33.2 Å². The lowest BCUT2D eigenvalue weighted by atomic mass is 10.0. The normalized spacial score (nSPS) is 11.2. The molecule has 0 amide bonds. The Bertz CT molecular complexity index is 930. The summed E-state index contributed by atoms with van der Waals surface area (Å²) in [5.41, 5.74) is 3.38. The van der Waals surface area contributed by atoms with Crippen LogP contribution in [0.15, 0.2) is 41.5 Å². The van der Waals surface area contributed by atoms with Crippen molar-refractivity contribution in [2.24, 2.45) is 0 Å². The molecule has 2 N–H and O–H groups in total. The first-order valence-electron chi connectivity index (χ1n) is 7.86. The molecule has 0 aliphatic heterocycles. The zero-order valence-electron chi connectivity index (χ0n) is 13.9. The van der Waals surface area contributed by atoms with Crippen LogP contribution in [-0.2, 0) is 6.54 Å². The average molecular weight is 324 g/mol. The molecule has 6 nitrogen and oxygen atoms in total. The van der Waals surface area contributed by atoms with Crippen LogP contribution in [0.5, 0.6) is 0 Å². The van der Waals surface area contributed by atoms with Crippen LogP contribution in [0.25, 0.3) is 11.0 Å². The second kappa shape index (κ2) is 6.31. The molecule has 0 radical (unpaired) electrons. The number of fused-ring (bicyclic) bond motifs is 1. The van der Waals surface area contributed by atoms with Gasteiger partial charge in [0.25, 0.3) is 5.56 Å². The lowest BCUT2D eigenvalue weighted by Gasteiger charge is -2.12. The number of benzene rings is 1. The molecule has 2 aromatic heterocycles. The van der Waals surface area contributed by atoms with E-state index in [1.165, 1.54) is 18.0 Å². The summed E-state index contributed by atoms with van der Waals surface area (Å²) in [7, 11) is 0. The molecule has 1 aromatic carbocycles. The largest absolute Gasteiger partial charge is 0.423 e. The van der Waals surface area contributed by atoms with Crippen LogP contribution in [0, 0.1) is 6.92 Å². The van der Waals surface area contributed by atoms with Crippen LogP contribution in [-0.4, -0.2) is 19.9 Å². The summed E-state index contributed by atoms with van der Waals surface area (Å²) in [6.07, 6.45) is 1.33. The highest BCUT2D eigenvalue weighted by atomic mass is 16.5. The molecule has 0 saturated carbocycles. The van der Waals surface area contributed by atoms with E-state index in [2.05, 4.69) is 53.4 Å². The average Bonchev–Trinajstić information content (AvgIpc) is 2.57. The van der Waals surface area contributed by atoms with Crippen molar-refractivity contribution in [3.8, 4) is 0 Å². The van der Waals surface area contributed by atoms with Gasteiger partial charge >= 0.3 is 0 Å². The SMILES string of the molecule is Cc1ncnc2c1c(NCc1ccc(C(C)C)cc1)cc(=O)n2O. The molecule has 3 aromatic rings. The molecule has 24 heavy (non-hydrogen) atoms. The third-order valence-corrected chi connectivity index (χ3v) is 4.09. The van der Waals surface area contributed by atoms with Gasteiger partial charge in [-0.25, -0.2) is 9.97 Å². The van der Waals surface area contributed by atoms with Gasteiger partial charge in [-0.15, -0.1) is 4.73 Å². The summed E-state index contributed by atoms with van der Waals surface area (Å²) < 4.78 is 0.548. The van der Waals surface area contributed by atoms with Crippen molar-refractivity contribution < 1.29 is 5.21 Å². The summed E-state index contributed by atoms with van der Waals surface area (Å²) in [6.45, 7) is 6.70. The zero-order valence-corrected chi connectivity index (χ0v) is 13.9. The molecule has 0 unspecified atom stereocenters. The Morgan fingerprint density at radius 1 is 1.21 bits per heavy atom. The van der Waals surface area contributed by atoms with E-state index in [4.69, 9.17) is 0 Å². The van der Waals surface area contributed by atoms with Gasteiger partial charge in [0, 0.05) is 12.6 Å². The number of aryl methyl sites for hydroxylation is 1. The Balaban J connectivity index is 1.93. The van der Waals surface area contributed by atoms with Gasteiger partial charge in [0.05, 0.1) is 16.8 Å². The van der Waals surface area contributed by atoms with Gasteiger partial charge in [0.15, 0.2) is 5.65 Å². The number of nitrogens with zero attached hydrogens (tertiary/aromatic N) is 3. The van der Waals surface area contributed by atoms with Crippen LogP contribution in [0.1, 0.15) is 36.6 Å². The van der Waals surface area contributed by atoms with Gasteiger partial charge in [-0.1, -0.05) is 38.1 Å². The fourth-order valence-corrected chi connectivity index (χ4v) is 2.66. The van der Waals surface area contributed by atoms with Gasteiger partial charge in [-0.05, 0) is 24.0 Å². The van der Waals surface area contributed by atoms with E-state index < -0.39 is 5.56 Å². The minimum atomic E-state index is -0.529. The summed E-state index contributed by atoms with van der Waals surface area (Å²) in [6, 6.07) is 9.73. The Morgan fingerprint density at radius 2 is 1.92 bits per heavy atom. The van der Waals surface area contributed by atoms with E-state index in [9.17, 15) is 10.0 Å². The monoisotopic (exact) mass is 324 g/mol. The van der Waals surface area contributed by atoms with E-state index in [1.54, 1.807) is 0 Å². The standard InChI is InChI=1S/C18H20N4O2/c1-11(2)14-6-4-13(5-7-14)9-19-15-8-16(23)22(24)18-17(15)12(3)20-10-21-18/h4-8,10-11,19,24H,9H2,1-3H3. The maximum atomic E-state index is 11.9. The molecule has 0 aliphatic rings.